The molecule has 0 saturated heterocycles. The smallest absolute Gasteiger partial charge is 0.333 e. The van der Waals surface area contributed by atoms with Crippen molar-refractivity contribution in [3.63, 3.8) is 0 Å². The first-order valence-electron chi connectivity index (χ1n) is 9.31. The minimum Gasteiger partial charge on any atom is -0.367 e. The van der Waals surface area contributed by atoms with E-state index in [2.05, 4.69) is 10.2 Å². The third-order valence-electron chi connectivity index (χ3n) is 4.49. The van der Waals surface area contributed by atoms with Crippen LogP contribution in [0.1, 0.15) is 12.5 Å². The number of rotatable bonds is 9. The number of azo groups is 1. The molecule has 14 heteroatoms. The van der Waals surface area contributed by atoms with E-state index in [1.165, 1.54) is 24.3 Å². The zero-order chi connectivity index (χ0) is 24.2. The Balaban J connectivity index is 1.75. The van der Waals surface area contributed by atoms with Crippen molar-refractivity contribution in [2.45, 2.75) is 18.4 Å². The summed E-state index contributed by atoms with van der Waals surface area (Å²) >= 11 is 0.560. The molecule has 0 aliphatic carbocycles. The lowest BCUT2D eigenvalue weighted by atomic mass is 10.2. The van der Waals surface area contributed by atoms with Crippen molar-refractivity contribution in [1.29, 1.82) is 0 Å². The van der Waals surface area contributed by atoms with Crippen molar-refractivity contribution in [2.75, 3.05) is 11.4 Å². The van der Waals surface area contributed by atoms with Gasteiger partial charge in [-0.25, -0.2) is 0 Å². The second kappa shape index (κ2) is 9.79. The van der Waals surface area contributed by atoms with Crippen LogP contribution in [0.3, 0.4) is 0 Å². The molecule has 3 rings (SSSR count). The molecule has 33 heavy (non-hydrogen) atoms. The normalized spacial score (nSPS) is 11.6. The zero-order valence-corrected chi connectivity index (χ0v) is 18.6. The highest BCUT2D eigenvalue weighted by Crippen LogP contribution is 2.42. The fraction of sp³-hybridized carbons (Fsp3) is 0.158. The summed E-state index contributed by atoms with van der Waals surface area (Å²) in [7, 11) is -4.75. The van der Waals surface area contributed by atoms with Crippen LogP contribution >= 0.6 is 11.3 Å². The van der Waals surface area contributed by atoms with Gasteiger partial charge in [0.25, 0.3) is 0 Å². The van der Waals surface area contributed by atoms with Crippen LogP contribution in [0, 0.1) is 20.2 Å². The number of anilines is 1. The van der Waals surface area contributed by atoms with Crippen LogP contribution < -0.4 is 4.90 Å². The van der Waals surface area contributed by atoms with Gasteiger partial charge >= 0.3 is 20.9 Å². The van der Waals surface area contributed by atoms with Crippen LogP contribution in [-0.4, -0.2) is 24.8 Å². The first kappa shape index (κ1) is 23.9. The average molecular weight is 493 g/mol. The minimum absolute atomic E-state index is 0.176. The maximum Gasteiger partial charge on any atom is 0.333 e. The lowest BCUT2D eigenvalue weighted by Crippen LogP contribution is -2.21. The molecule has 0 amide bonds. The summed E-state index contributed by atoms with van der Waals surface area (Å²) in [5.41, 5.74) is 1.49. The second-order valence-corrected chi connectivity index (χ2v) is 8.96. The predicted octanol–water partition coefficient (Wildman–Crippen LogP) is 5.66. The van der Waals surface area contributed by atoms with E-state index in [4.69, 9.17) is 0 Å². The van der Waals surface area contributed by atoms with Gasteiger partial charge in [0.05, 0.1) is 20.4 Å². The molecule has 0 aliphatic heterocycles. The summed E-state index contributed by atoms with van der Waals surface area (Å²) in [5.74, 6) is 0. The molecule has 11 nitrogen and oxygen atoms in total. The van der Waals surface area contributed by atoms with Crippen molar-refractivity contribution in [3.05, 3.63) is 80.4 Å². The van der Waals surface area contributed by atoms with Gasteiger partial charge in [0.15, 0.2) is 0 Å². The zero-order valence-electron chi connectivity index (χ0n) is 17.0. The third-order valence-corrected chi connectivity index (χ3v) is 6.28. The molecule has 0 radical (unpaired) electrons. The van der Waals surface area contributed by atoms with Gasteiger partial charge in [0.1, 0.15) is 6.07 Å². The van der Waals surface area contributed by atoms with Crippen LogP contribution in [0.5, 0.6) is 0 Å². The number of nitro groups is 2. The summed E-state index contributed by atoms with van der Waals surface area (Å²) in [5, 5.41) is 29.1. The van der Waals surface area contributed by atoms with Crippen LogP contribution in [-0.2, 0) is 16.8 Å². The Morgan fingerprint density at radius 1 is 1.00 bits per heavy atom. The number of hydrogen-bond donors (Lipinski definition) is 0. The van der Waals surface area contributed by atoms with Gasteiger partial charge in [-0.1, -0.05) is 12.1 Å². The highest BCUT2D eigenvalue weighted by Gasteiger charge is 2.25. The van der Waals surface area contributed by atoms with E-state index in [-0.39, 0.29) is 5.00 Å². The van der Waals surface area contributed by atoms with Crippen molar-refractivity contribution in [1.82, 2.24) is 0 Å². The van der Waals surface area contributed by atoms with Gasteiger partial charge in [-0.15, -0.1) is 14.1 Å². The number of hydrogen-bond acceptors (Lipinski definition) is 10. The molecule has 0 aliphatic rings. The van der Waals surface area contributed by atoms with E-state index in [9.17, 15) is 32.5 Å². The van der Waals surface area contributed by atoms with Crippen LogP contribution in [0.4, 0.5) is 31.0 Å². The Hall–Kier alpha value is -3.78. The molecule has 0 fully saturated rings. The fourth-order valence-electron chi connectivity index (χ4n) is 2.85. The standard InChI is InChI=1S/C19H16FN5O6S2/c1-2-23(12-13-3-9-16(10-4-13)33(20,30)31)15-7-5-14(6-8-15)21-22-19-17(24(26)27)11-18(32-19)25(28)29/h3-11H,2,12H2,1H3. The van der Waals surface area contributed by atoms with Crippen molar-refractivity contribution >= 4 is 48.6 Å². The average Bonchev–Trinajstić information content (AvgIpc) is 3.21. The summed E-state index contributed by atoms with van der Waals surface area (Å²) in [6.45, 7) is 2.99. The first-order chi connectivity index (χ1) is 15.6. The van der Waals surface area contributed by atoms with Gasteiger partial charge in [0.2, 0.25) is 5.00 Å². The quantitative estimate of drug-likeness (QED) is 0.161. The molecular weight excluding hydrogens is 477 g/mol. The van der Waals surface area contributed by atoms with Crippen LogP contribution in [0.2, 0.25) is 0 Å². The van der Waals surface area contributed by atoms with E-state index in [0.717, 1.165) is 17.3 Å². The maximum absolute atomic E-state index is 13.0. The Morgan fingerprint density at radius 3 is 2.15 bits per heavy atom. The van der Waals surface area contributed by atoms with E-state index < -0.39 is 35.7 Å². The van der Waals surface area contributed by atoms with Crippen molar-refractivity contribution < 1.29 is 22.2 Å². The number of thiophene rings is 1. The lowest BCUT2D eigenvalue weighted by molar-refractivity contribution is -0.389. The molecule has 0 N–H and O–H groups in total. The van der Waals surface area contributed by atoms with E-state index >= 15 is 0 Å². The van der Waals surface area contributed by atoms with Gasteiger partial charge in [-0.05, 0) is 60.2 Å². The Labute approximate surface area is 191 Å². The molecule has 2 aromatic carbocycles. The maximum atomic E-state index is 13.0. The fourth-order valence-corrected chi connectivity index (χ4v) is 4.07. The topological polar surface area (TPSA) is 148 Å². The molecule has 3 aromatic rings. The second-order valence-electron chi connectivity index (χ2n) is 6.60. The molecule has 172 valence electrons. The summed E-state index contributed by atoms with van der Waals surface area (Å²) < 4.78 is 34.9. The van der Waals surface area contributed by atoms with Gasteiger partial charge in [-0.3, -0.25) is 20.2 Å². The summed E-state index contributed by atoms with van der Waals surface area (Å²) in [6.07, 6.45) is 0. The molecule has 0 atom stereocenters. The highest BCUT2D eigenvalue weighted by molar-refractivity contribution is 7.86. The number of nitrogens with zero attached hydrogens (tertiary/aromatic N) is 5. The largest absolute Gasteiger partial charge is 0.367 e. The van der Waals surface area contributed by atoms with Gasteiger partial charge < -0.3 is 4.90 Å². The Morgan fingerprint density at radius 2 is 1.64 bits per heavy atom. The van der Waals surface area contributed by atoms with Crippen LogP contribution in [0.15, 0.2) is 69.7 Å². The number of benzene rings is 2. The molecule has 0 spiro atoms. The third kappa shape index (κ3) is 5.93. The number of halogens is 1. The van der Waals surface area contributed by atoms with E-state index in [1.54, 1.807) is 24.3 Å². The van der Waals surface area contributed by atoms with E-state index in [0.29, 0.717) is 30.1 Å². The van der Waals surface area contributed by atoms with Gasteiger partial charge in [0, 0.05) is 18.8 Å². The van der Waals surface area contributed by atoms with Crippen molar-refractivity contribution in [3.8, 4) is 0 Å². The van der Waals surface area contributed by atoms with Gasteiger partial charge in [-0.2, -0.15) is 8.42 Å². The first-order valence-corrected chi connectivity index (χ1v) is 11.5. The Kier molecular flexibility index (Phi) is 7.08. The predicted molar refractivity (Wildman–Crippen MR) is 120 cm³/mol. The summed E-state index contributed by atoms with van der Waals surface area (Å²) in [4.78, 5) is 22.0. The SMILES string of the molecule is CCN(Cc1ccc(S(=O)(=O)F)cc1)c1ccc(N=Nc2sc([N+](=O)[O-])cc2[N+](=O)[O-])cc1. The lowest BCUT2D eigenvalue weighted by Gasteiger charge is -2.23. The molecule has 0 unspecified atom stereocenters. The van der Waals surface area contributed by atoms with E-state index in [1.807, 2.05) is 11.8 Å². The summed E-state index contributed by atoms with van der Waals surface area (Å²) in [6, 6.07) is 13.1. The molecule has 0 saturated carbocycles. The molecular formula is C19H16FN5O6S2. The minimum atomic E-state index is -4.75. The molecule has 1 heterocycles. The molecule has 1 aromatic heterocycles. The van der Waals surface area contributed by atoms with Crippen molar-refractivity contribution in [2.24, 2.45) is 10.2 Å². The monoisotopic (exact) mass is 493 g/mol. The molecule has 0 bridgehead atoms. The highest BCUT2D eigenvalue weighted by atomic mass is 32.3. The van der Waals surface area contributed by atoms with Crippen LogP contribution in [0.25, 0.3) is 0 Å². The Bertz CT molecular complexity index is 1310.